The number of hydrogen-bond acceptors (Lipinski definition) is 8. The van der Waals surface area contributed by atoms with Crippen molar-refractivity contribution in [3.63, 3.8) is 0 Å². The van der Waals surface area contributed by atoms with E-state index in [0.29, 0.717) is 52.1 Å². The summed E-state index contributed by atoms with van der Waals surface area (Å²) in [6.07, 6.45) is 0.699. The molecule has 2 atom stereocenters. The molecule has 220 valence electrons. The first-order valence-corrected chi connectivity index (χ1v) is 15.2. The van der Waals surface area contributed by atoms with Crippen LogP contribution in [0, 0.1) is 0 Å². The summed E-state index contributed by atoms with van der Waals surface area (Å²) in [5, 5.41) is 12.1. The summed E-state index contributed by atoms with van der Waals surface area (Å²) in [6, 6.07) is 26.4. The number of aromatic nitrogens is 1. The maximum atomic E-state index is 13.8. The van der Waals surface area contributed by atoms with Crippen molar-refractivity contribution in [3.8, 4) is 23.0 Å². The highest BCUT2D eigenvalue weighted by Gasteiger charge is 2.48. The number of carbonyl (C=O) groups is 2. The maximum absolute atomic E-state index is 13.8. The Bertz CT molecular complexity index is 1950. The van der Waals surface area contributed by atoms with Crippen molar-refractivity contribution in [1.29, 1.82) is 0 Å². The molecule has 1 amide bonds. The number of para-hydroxylation sites is 1. The fourth-order valence-electron chi connectivity index (χ4n) is 5.70. The molecule has 8 nitrogen and oxygen atoms in total. The van der Waals surface area contributed by atoms with E-state index >= 15 is 0 Å². The standard InChI is InChI=1S/C35H28N2O6S/c1-3-41-25-13-14-27-29(19-25)44-35(36-27)37-31(21-8-7-11-26(18-21)43-24-9-5-4-6-10-24)30(33(39)34(37)40)32(38)22-12-15-28-23(17-22)16-20(2)42-28/h4-15,17-20,31,38H,3,16H2,1-2H3/b32-30+/t20-,31+/m1/s1. The summed E-state index contributed by atoms with van der Waals surface area (Å²) < 4.78 is 18.4. The molecule has 4 aromatic carbocycles. The first-order valence-electron chi connectivity index (χ1n) is 14.4. The molecule has 0 spiro atoms. The molecule has 5 aromatic rings. The van der Waals surface area contributed by atoms with E-state index in [0.717, 1.165) is 16.0 Å². The quantitative estimate of drug-likeness (QED) is 0.117. The molecule has 1 saturated heterocycles. The SMILES string of the molecule is CCOc1ccc2nc(N3C(=O)C(=O)/C(=C(/O)c4ccc5c(c4)C[C@@H](C)O5)[C@@H]3c3cccc(Oc4ccccc4)c3)sc2c1. The van der Waals surface area contributed by atoms with E-state index in [4.69, 9.17) is 19.2 Å². The second-order valence-corrected chi connectivity index (χ2v) is 11.7. The molecule has 2 aliphatic rings. The smallest absolute Gasteiger partial charge is 0.301 e. The van der Waals surface area contributed by atoms with Gasteiger partial charge in [0.1, 0.15) is 34.9 Å². The second-order valence-electron chi connectivity index (χ2n) is 10.7. The number of aliphatic hydroxyl groups excluding tert-OH is 1. The fourth-order valence-corrected chi connectivity index (χ4v) is 6.72. The van der Waals surface area contributed by atoms with Gasteiger partial charge in [-0.1, -0.05) is 41.7 Å². The van der Waals surface area contributed by atoms with Crippen LogP contribution < -0.4 is 19.1 Å². The number of ether oxygens (including phenoxy) is 3. The molecular weight excluding hydrogens is 576 g/mol. The van der Waals surface area contributed by atoms with Crippen LogP contribution in [0.4, 0.5) is 5.13 Å². The van der Waals surface area contributed by atoms with E-state index in [1.165, 1.54) is 16.2 Å². The van der Waals surface area contributed by atoms with E-state index in [1.54, 1.807) is 30.3 Å². The van der Waals surface area contributed by atoms with Crippen LogP contribution >= 0.6 is 11.3 Å². The van der Waals surface area contributed by atoms with Crippen molar-refractivity contribution >= 4 is 44.1 Å². The Labute approximate surface area is 257 Å². The summed E-state index contributed by atoms with van der Waals surface area (Å²) >= 11 is 1.28. The number of ketones is 1. The van der Waals surface area contributed by atoms with Gasteiger partial charge in [-0.15, -0.1) is 0 Å². The minimum atomic E-state index is -0.954. The number of rotatable bonds is 7. The second kappa shape index (κ2) is 11.2. The van der Waals surface area contributed by atoms with Gasteiger partial charge in [-0.05, 0) is 85.6 Å². The zero-order valence-electron chi connectivity index (χ0n) is 24.0. The van der Waals surface area contributed by atoms with E-state index < -0.39 is 17.7 Å². The molecule has 0 bridgehead atoms. The van der Waals surface area contributed by atoms with E-state index in [-0.39, 0.29) is 17.4 Å². The number of thiazole rings is 1. The molecule has 1 aromatic heterocycles. The lowest BCUT2D eigenvalue weighted by atomic mass is 9.94. The number of aliphatic hydroxyl groups is 1. The summed E-state index contributed by atoms with van der Waals surface area (Å²) in [4.78, 5) is 33.7. The highest BCUT2D eigenvalue weighted by atomic mass is 32.1. The molecule has 0 saturated carbocycles. The third kappa shape index (κ3) is 4.95. The average molecular weight is 605 g/mol. The number of amides is 1. The summed E-state index contributed by atoms with van der Waals surface area (Å²) in [7, 11) is 0. The highest BCUT2D eigenvalue weighted by molar-refractivity contribution is 7.22. The molecule has 0 unspecified atom stereocenters. The van der Waals surface area contributed by atoms with Crippen LogP contribution in [0.5, 0.6) is 23.0 Å². The minimum Gasteiger partial charge on any atom is -0.507 e. The Morgan fingerprint density at radius 2 is 1.80 bits per heavy atom. The zero-order valence-corrected chi connectivity index (χ0v) is 24.8. The zero-order chi connectivity index (χ0) is 30.4. The summed E-state index contributed by atoms with van der Waals surface area (Å²) in [5.74, 6) is 0.784. The van der Waals surface area contributed by atoms with E-state index in [9.17, 15) is 14.7 Å². The topological polar surface area (TPSA) is 98.2 Å². The van der Waals surface area contributed by atoms with Gasteiger partial charge in [0.2, 0.25) is 0 Å². The third-order valence-corrected chi connectivity index (χ3v) is 8.65. The largest absolute Gasteiger partial charge is 0.507 e. The number of hydrogen-bond donors (Lipinski definition) is 1. The Morgan fingerprint density at radius 3 is 2.61 bits per heavy atom. The molecule has 0 radical (unpaired) electrons. The highest BCUT2D eigenvalue weighted by Crippen LogP contribution is 2.46. The molecule has 9 heteroatoms. The van der Waals surface area contributed by atoms with Crippen molar-refractivity contribution in [2.75, 3.05) is 11.5 Å². The molecule has 1 fully saturated rings. The first-order chi connectivity index (χ1) is 21.4. The van der Waals surface area contributed by atoms with Gasteiger partial charge in [0.05, 0.1) is 28.4 Å². The van der Waals surface area contributed by atoms with Gasteiger partial charge in [-0.3, -0.25) is 14.5 Å². The number of Topliss-reactive ketones (excluding diaryl/α,β-unsaturated/α-hetero) is 1. The molecule has 2 aliphatic heterocycles. The number of carbonyl (C=O) groups excluding carboxylic acids is 2. The van der Waals surface area contributed by atoms with Crippen molar-refractivity contribution in [2.24, 2.45) is 0 Å². The van der Waals surface area contributed by atoms with Gasteiger partial charge in [-0.25, -0.2) is 4.98 Å². The first kappa shape index (κ1) is 27.7. The molecule has 0 aliphatic carbocycles. The summed E-state index contributed by atoms with van der Waals surface area (Å²) in [6.45, 7) is 4.40. The molecule has 7 rings (SSSR count). The predicted octanol–water partition coefficient (Wildman–Crippen LogP) is 7.44. The number of anilines is 1. The number of fused-ring (bicyclic) bond motifs is 2. The normalized spacial score (nSPS) is 18.8. The Hall–Kier alpha value is -5.15. The van der Waals surface area contributed by atoms with Crippen LogP contribution in [0.1, 0.15) is 36.6 Å². The monoisotopic (exact) mass is 604 g/mol. The Kier molecular flexibility index (Phi) is 7.02. The number of benzene rings is 4. The maximum Gasteiger partial charge on any atom is 0.301 e. The van der Waals surface area contributed by atoms with Crippen molar-refractivity contribution < 1.29 is 28.9 Å². The lowest BCUT2D eigenvalue weighted by Gasteiger charge is -2.23. The predicted molar refractivity (Wildman–Crippen MR) is 169 cm³/mol. The fraction of sp³-hybridized carbons (Fsp3) is 0.171. The number of nitrogens with zero attached hydrogens (tertiary/aromatic N) is 2. The molecule has 3 heterocycles. The minimum absolute atomic E-state index is 0.0163. The van der Waals surface area contributed by atoms with Crippen molar-refractivity contribution in [2.45, 2.75) is 32.4 Å². The van der Waals surface area contributed by atoms with Gasteiger partial charge in [0.25, 0.3) is 5.78 Å². The average Bonchev–Trinajstić information content (AvgIpc) is 3.69. The van der Waals surface area contributed by atoms with Crippen LogP contribution in [0.25, 0.3) is 16.0 Å². The van der Waals surface area contributed by atoms with Gasteiger partial charge in [-0.2, -0.15) is 0 Å². The lowest BCUT2D eigenvalue weighted by Crippen LogP contribution is -2.29. The van der Waals surface area contributed by atoms with Crippen LogP contribution in [0.2, 0.25) is 0 Å². The molecular formula is C35H28N2O6S. The molecule has 1 N–H and O–H groups in total. The van der Waals surface area contributed by atoms with Gasteiger partial charge >= 0.3 is 5.91 Å². The van der Waals surface area contributed by atoms with Crippen molar-refractivity contribution in [3.05, 3.63) is 113 Å². The Morgan fingerprint density at radius 1 is 0.977 bits per heavy atom. The van der Waals surface area contributed by atoms with Gasteiger partial charge in [0.15, 0.2) is 5.13 Å². The molecule has 44 heavy (non-hydrogen) atoms. The van der Waals surface area contributed by atoms with Crippen LogP contribution in [-0.4, -0.2) is 34.5 Å². The Balaban J connectivity index is 1.37. The van der Waals surface area contributed by atoms with Gasteiger partial charge < -0.3 is 19.3 Å². The van der Waals surface area contributed by atoms with Crippen LogP contribution in [0.15, 0.2) is 96.6 Å². The van der Waals surface area contributed by atoms with Crippen LogP contribution in [0.3, 0.4) is 0 Å². The van der Waals surface area contributed by atoms with E-state index in [1.807, 2.05) is 74.5 Å². The van der Waals surface area contributed by atoms with Gasteiger partial charge in [0, 0.05) is 12.0 Å². The van der Waals surface area contributed by atoms with E-state index in [2.05, 4.69) is 0 Å². The van der Waals surface area contributed by atoms with Crippen LogP contribution in [-0.2, 0) is 16.0 Å². The van der Waals surface area contributed by atoms with Crippen molar-refractivity contribution in [1.82, 2.24) is 4.98 Å². The third-order valence-electron chi connectivity index (χ3n) is 7.63. The lowest BCUT2D eigenvalue weighted by molar-refractivity contribution is -0.132. The summed E-state index contributed by atoms with van der Waals surface area (Å²) in [5.41, 5.74) is 2.61.